The molecular formula is C20H44N2O7S. The molecule has 0 aromatic rings. The fourth-order valence-electron chi connectivity index (χ4n) is 3.02. The van der Waals surface area contributed by atoms with E-state index in [9.17, 15) is 27.7 Å². The molecule has 0 aliphatic carbocycles. The van der Waals surface area contributed by atoms with Gasteiger partial charge >= 0.3 is 5.97 Å². The third-order valence-electron chi connectivity index (χ3n) is 4.71. The van der Waals surface area contributed by atoms with Crippen molar-refractivity contribution in [1.82, 2.24) is 12.3 Å². The Labute approximate surface area is 182 Å². The molecule has 0 saturated heterocycles. The molecule has 30 heavy (non-hydrogen) atoms. The lowest BCUT2D eigenvalue weighted by atomic mass is 10.0. The Hall–Kier alpha value is -1.23. The van der Waals surface area contributed by atoms with Gasteiger partial charge in [-0.1, -0.05) is 90.4 Å². The molecule has 0 aromatic carbocycles. The highest BCUT2D eigenvalue weighted by Gasteiger charge is 2.27. The van der Waals surface area contributed by atoms with Crippen molar-refractivity contribution < 1.29 is 32.4 Å². The van der Waals surface area contributed by atoms with Gasteiger partial charge in [0.2, 0.25) is 0 Å². The van der Waals surface area contributed by atoms with Crippen LogP contribution in [0.2, 0.25) is 0 Å². The van der Waals surface area contributed by atoms with E-state index < -0.39 is 33.7 Å². The Morgan fingerprint density at radius 3 is 1.47 bits per heavy atom. The van der Waals surface area contributed by atoms with Gasteiger partial charge in [-0.25, -0.2) is 8.42 Å². The summed E-state index contributed by atoms with van der Waals surface area (Å²) < 4.78 is 37.5. The fraction of sp³-hybridized carbons (Fsp3) is 0.900. The molecule has 0 heterocycles. The maximum atomic E-state index is 11.6. The normalized spacial score (nSPS) is 11.8. The van der Waals surface area contributed by atoms with E-state index in [4.69, 9.17) is 4.74 Å². The average molecular weight is 457 g/mol. The molecule has 0 radical (unpaired) electrons. The number of hydrogen-bond acceptors (Lipinski definition) is 7. The van der Waals surface area contributed by atoms with Crippen LogP contribution in [0.1, 0.15) is 103 Å². The van der Waals surface area contributed by atoms with Gasteiger partial charge < -0.3 is 31.5 Å². The Bertz CT molecular complexity index is 527. The Morgan fingerprint density at radius 2 is 1.13 bits per heavy atom. The number of ether oxygens (including phenoxy) is 1. The highest BCUT2D eigenvalue weighted by atomic mass is 32.2. The van der Waals surface area contributed by atoms with Crippen LogP contribution in [-0.4, -0.2) is 36.8 Å². The highest BCUT2D eigenvalue weighted by Crippen LogP contribution is 2.13. The Morgan fingerprint density at radius 1 is 0.767 bits per heavy atom. The van der Waals surface area contributed by atoms with Crippen LogP contribution in [0.5, 0.6) is 0 Å². The van der Waals surface area contributed by atoms with Crippen LogP contribution in [0.15, 0.2) is 0 Å². The van der Waals surface area contributed by atoms with E-state index >= 15 is 0 Å². The van der Waals surface area contributed by atoms with Crippen molar-refractivity contribution in [3.8, 4) is 0 Å². The van der Waals surface area contributed by atoms with Gasteiger partial charge in [0, 0.05) is 12.4 Å². The molecule has 1 unspecified atom stereocenters. The first kappa shape index (κ1) is 33.4. The van der Waals surface area contributed by atoms with Crippen molar-refractivity contribution in [3.05, 3.63) is 0 Å². The number of carbonyl (C=O) groups excluding carboxylic acids is 2. The monoisotopic (exact) mass is 456 g/mol. The van der Waals surface area contributed by atoms with Crippen LogP contribution in [0, 0.1) is 0 Å². The Balaban J connectivity index is -0.00000364. The number of aliphatic carboxylic acids is 1. The number of unbranched alkanes of at least 4 members (excludes halogenated alkanes) is 13. The molecule has 0 bridgehead atoms. The maximum Gasteiger partial charge on any atom is 0.323 e. The summed E-state index contributed by atoms with van der Waals surface area (Å²) in [5.41, 5.74) is 0. The fourth-order valence-corrected chi connectivity index (χ4v) is 3.66. The smallest absolute Gasteiger partial charge is 0.323 e. The van der Waals surface area contributed by atoms with E-state index in [1.54, 1.807) is 0 Å². The van der Waals surface area contributed by atoms with Crippen LogP contribution < -0.4 is 17.4 Å². The van der Waals surface area contributed by atoms with Crippen LogP contribution >= 0.6 is 0 Å². The molecule has 10 heteroatoms. The number of hydrogen-bond donors (Lipinski definition) is 2. The minimum absolute atomic E-state index is 0. The highest BCUT2D eigenvalue weighted by molar-refractivity contribution is 7.87. The van der Waals surface area contributed by atoms with E-state index in [1.807, 2.05) is 0 Å². The van der Waals surface area contributed by atoms with Crippen LogP contribution in [0.25, 0.3) is 0 Å². The van der Waals surface area contributed by atoms with E-state index in [1.165, 1.54) is 64.2 Å². The summed E-state index contributed by atoms with van der Waals surface area (Å²) in [6, 6.07) is 0. The van der Waals surface area contributed by atoms with Gasteiger partial charge in [0.15, 0.2) is 5.25 Å². The third kappa shape index (κ3) is 20.1. The summed E-state index contributed by atoms with van der Waals surface area (Å²) in [6.07, 6.45) is 15.3. The first-order valence-electron chi connectivity index (χ1n) is 10.6. The molecule has 0 aromatic heterocycles. The van der Waals surface area contributed by atoms with Crippen LogP contribution in [-0.2, 0) is 24.4 Å². The number of carboxylic acids is 1. The number of carbonyl (C=O) groups is 2. The van der Waals surface area contributed by atoms with E-state index in [2.05, 4.69) is 6.92 Å². The lowest BCUT2D eigenvalue weighted by Crippen LogP contribution is -2.38. The molecule has 0 amide bonds. The lowest BCUT2D eigenvalue weighted by Gasteiger charge is -2.19. The third-order valence-corrected chi connectivity index (χ3v) is 5.76. The second-order valence-electron chi connectivity index (χ2n) is 7.32. The van der Waals surface area contributed by atoms with Crippen molar-refractivity contribution in [2.45, 2.75) is 108 Å². The molecule has 9 nitrogen and oxygen atoms in total. The van der Waals surface area contributed by atoms with Crippen molar-refractivity contribution >= 4 is 22.1 Å². The molecule has 0 aliphatic heterocycles. The summed E-state index contributed by atoms with van der Waals surface area (Å²) in [5, 5.41) is 8.22. The number of quaternary nitrogens is 2. The first-order chi connectivity index (χ1) is 13.3. The number of esters is 1. The summed E-state index contributed by atoms with van der Waals surface area (Å²) >= 11 is 0. The van der Waals surface area contributed by atoms with Gasteiger partial charge in [-0.05, 0) is 6.42 Å². The summed E-state index contributed by atoms with van der Waals surface area (Å²) in [4.78, 5) is 22.0. The van der Waals surface area contributed by atoms with E-state index in [-0.39, 0.29) is 18.9 Å². The molecule has 1 atom stereocenters. The SMILES string of the molecule is CCCCCCCCCCCCCCCCOC(=O)C(CC(=O)[O-])S(=O)(=O)[O-].[NH4+].[NH4+]. The van der Waals surface area contributed by atoms with Crippen molar-refractivity contribution in [2.75, 3.05) is 6.61 Å². The predicted octanol–water partition coefficient (Wildman–Crippen LogP) is 3.82. The summed E-state index contributed by atoms with van der Waals surface area (Å²) in [6.45, 7) is 2.21. The van der Waals surface area contributed by atoms with Gasteiger partial charge in [0.1, 0.15) is 10.1 Å². The van der Waals surface area contributed by atoms with Crippen molar-refractivity contribution in [1.29, 1.82) is 0 Å². The predicted molar refractivity (Wildman–Crippen MR) is 116 cm³/mol. The zero-order chi connectivity index (χ0) is 21.3. The molecule has 182 valence electrons. The van der Waals surface area contributed by atoms with E-state index in [0.717, 1.165) is 19.3 Å². The van der Waals surface area contributed by atoms with Crippen molar-refractivity contribution in [2.24, 2.45) is 0 Å². The van der Waals surface area contributed by atoms with Crippen molar-refractivity contribution in [3.63, 3.8) is 0 Å². The standard InChI is InChI=1S/C20H38O7S.2H3N/c1-2-3-4-5-6-7-8-9-10-11-12-13-14-15-16-27-20(23)18(17-19(21)22)28(24,25)26;;/h18H,2-17H2,1H3,(H,21,22)(H,24,25,26);2*1H3. The van der Waals surface area contributed by atoms with Gasteiger partial charge in [0.25, 0.3) is 0 Å². The minimum Gasteiger partial charge on any atom is -0.747 e. The summed E-state index contributed by atoms with van der Waals surface area (Å²) in [5.74, 6) is -3.09. The van der Waals surface area contributed by atoms with Gasteiger partial charge in [-0.2, -0.15) is 0 Å². The molecular weight excluding hydrogens is 412 g/mol. The van der Waals surface area contributed by atoms with Gasteiger partial charge in [-0.3, -0.25) is 4.79 Å². The molecule has 0 aliphatic rings. The minimum atomic E-state index is -5.08. The Kier molecular flexibility index (Phi) is 23.4. The second-order valence-corrected chi connectivity index (χ2v) is 8.88. The van der Waals surface area contributed by atoms with E-state index in [0.29, 0.717) is 6.42 Å². The zero-order valence-corrected chi connectivity index (χ0v) is 20.0. The van der Waals surface area contributed by atoms with Gasteiger partial charge in [0.05, 0.1) is 6.61 Å². The molecule has 0 spiro atoms. The molecule has 8 N–H and O–H groups in total. The quantitative estimate of drug-likeness (QED) is 0.167. The first-order valence-corrected chi connectivity index (χ1v) is 12.1. The number of rotatable bonds is 19. The molecule has 0 saturated carbocycles. The number of carboxylic acid groups (broad SMARTS) is 1. The molecule has 0 rings (SSSR count). The van der Waals surface area contributed by atoms with Gasteiger partial charge in [-0.15, -0.1) is 0 Å². The summed E-state index contributed by atoms with van der Waals surface area (Å²) in [7, 11) is -5.08. The largest absolute Gasteiger partial charge is 0.747 e. The zero-order valence-electron chi connectivity index (χ0n) is 19.2. The average Bonchev–Trinajstić information content (AvgIpc) is 2.61. The lowest BCUT2D eigenvalue weighted by molar-refractivity contribution is -0.305. The van der Waals surface area contributed by atoms with Crippen LogP contribution in [0.4, 0.5) is 0 Å². The maximum absolute atomic E-state index is 11.6. The van der Waals surface area contributed by atoms with Crippen LogP contribution in [0.3, 0.4) is 0 Å². The topological polar surface area (TPSA) is 197 Å². The second kappa shape index (κ2) is 21.0. The molecule has 0 fully saturated rings.